The van der Waals surface area contributed by atoms with E-state index in [4.69, 9.17) is 26.7 Å². The average molecular weight is 275 g/mol. The molecule has 0 amide bonds. The monoisotopic (exact) mass is 274 g/mol. The zero-order chi connectivity index (χ0) is 13.7. The Morgan fingerprint density at radius 1 is 1.32 bits per heavy atom. The summed E-state index contributed by atoms with van der Waals surface area (Å²) >= 11 is 5.81. The van der Waals surface area contributed by atoms with Crippen LogP contribution in [0.15, 0.2) is 36.4 Å². The van der Waals surface area contributed by atoms with E-state index in [0.29, 0.717) is 17.7 Å². The van der Waals surface area contributed by atoms with E-state index < -0.39 is 0 Å². The summed E-state index contributed by atoms with van der Waals surface area (Å²) < 4.78 is 5.63. The zero-order valence-corrected chi connectivity index (χ0v) is 10.8. The molecule has 0 saturated heterocycles. The summed E-state index contributed by atoms with van der Waals surface area (Å²) in [5, 5.41) is 18.1. The predicted molar refractivity (Wildman–Crippen MR) is 71.3 cm³/mol. The molecule has 0 aliphatic heterocycles. The molecule has 1 N–H and O–H groups in total. The topological polar surface area (TPSA) is 66.1 Å². The summed E-state index contributed by atoms with van der Waals surface area (Å²) in [6.45, 7) is 0.0345. The molecule has 2 aromatic rings. The molecule has 19 heavy (non-hydrogen) atoms. The van der Waals surface area contributed by atoms with Gasteiger partial charge < -0.3 is 9.84 Å². The van der Waals surface area contributed by atoms with Crippen LogP contribution >= 0.6 is 11.6 Å². The van der Waals surface area contributed by atoms with E-state index in [-0.39, 0.29) is 17.6 Å². The maximum atomic E-state index is 9.00. The molecule has 0 saturated carbocycles. The van der Waals surface area contributed by atoms with Crippen molar-refractivity contribution in [3.05, 3.63) is 52.7 Å². The molecule has 4 nitrogen and oxygen atoms in total. The first kappa shape index (κ1) is 13.3. The number of hydrogen-bond acceptors (Lipinski definition) is 4. The molecule has 1 aromatic heterocycles. The maximum Gasteiger partial charge on any atom is 0.221 e. The third-order valence-corrected chi connectivity index (χ3v) is 2.66. The number of aliphatic hydroxyl groups excluding tert-OH is 1. The minimum Gasteiger partial charge on any atom is -0.439 e. The van der Waals surface area contributed by atoms with Crippen molar-refractivity contribution in [2.45, 2.75) is 6.42 Å². The molecule has 0 atom stereocenters. The van der Waals surface area contributed by atoms with Crippen LogP contribution in [-0.2, 0) is 6.42 Å². The van der Waals surface area contributed by atoms with Gasteiger partial charge in [-0.15, -0.1) is 0 Å². The quantitative estimate of drug-likeness (QED) is 0.871. The van der Waals surface area contributed by atoms with Gasteiger partial charge in [0, 0.05) is 12.7 Å². The van der Waals surface area contributed by atoms with Crippen LogP contribution in [0.3, 0.4) is 0 Å². The number of hydrogen-bond donors (Lipinski definition) is 1. The number of pyridine rings is 1. The Morgan fingerprint density at radius 2 is 2.11 bits per heavy atom. The second-order valence-corrected chi connectivity index (χ2v) is 4.20. The van der Waals surface area contributed by atoms with Gasteiger partial charge in [-0.25, -0.2) is 4.98 Å². The van der Waals surface area contributed by atoms with E-state index in [0.717, 1.165) is 5.56 Å². The smallest absolute Gasteiger partial charge is 0.221 e. The van der Waals surface area contributed by atoms with Gasteiger partial charge in [0.15, 0.2) is 0 Å². The number of nitrogens with zero attached hydrogens (tertiary/aromatic N) is 2. The molecule has 96 valence electrons. The van der Waals surface area contributed by atoms with Crippen molar-refractivity contribution in [1.82, 2.24) is 4.98 Å². The minimum atomic E-state index is 0.0345. The highest BCUT2D eigenvalue weighted by Gasteiger charge is 2.07. The maximum absolute atomic E-state index is 9.00. The van der Waals surface area contributed by atoms with Crippen LogP contribution in [0, 0.1) is 11.3 Å². The largest absolute Gasteiger partial charge is 0.439 e. The second-order valence-electron chi connectivity index (χ2n) is 3.81. The molecule has 0 unspecified atom stereocenters. The van der Waals surface area contributed by atoms with Gasteiger partial charge in [-0.05, 0) is 24.1 Å². The third kappa shape index (κ3) is 3.44. The van der Waals surface area contributed by atoms with Crippen molar-refractivity contribution in [2.24, 2.45) is 0 Å². The van der Waals surface area contributed by atoms with Crippen LogP contribution in [0.2, 0.25) is 5.15 Å². The van der Waals surface area contributed by atoms with Gasteiger partial charge in [0.05, 0.1) is 11.6 Å². The van der Waals surface area contributed by atoms with Crippen LogP contribution in [0.1, 0.15) is 11.1 Å². The third-order valence-electron chi connectivity index (χ3n) is 2.47. The van der Waals surface area contributed by atoms with E-state index in [9.17, 15) is 0 Å². The van der Waals surface area contributed by atoms with E-state index in [1.807, 2.05) is 24.3 Å². The standard InChI is InChI=1S/C14H11ClN2O2/c15-13-7-10(9-16)8-14(17-13)19-12-4-2-1-3-11(12)5-6-18/h1-4,7-8,18H,5-6H2. The number of rotatable bonds is 4. The van der Waals surface area contributed by atoms with Gasteiger partial charge in [-0.1, -0.05) is 29.8 Å². The van der Waals surface area contributed by atoms with Gasteiger partial charge >= 0.3 is 0 Å². The minimum absolute atomic E-state index is 0.0345. The predicted octanol–water partition coefficient (Wildman–Crippen LogP) is 2.93. The van der Waals surface area contributed by atoms with Gasteiger partial charge in [0.25, 0.3) is 0 Å². The Kier molecular flexibility index (Phi) is 4.35. The van der Waals surface area contributed by atoms with Crippen LogP contribution < -0.4 is 4.74 Å². The second kappa shape index (κ2) is 6.19. The molecule has 0 aliphatic rings. The van der Waals surface area contributed by atoms with E-state index in [2.05, 4.69) is 4.98 Å². The Labute approximate surface area is 115 Å². The van der Waals surface area contributed by atoms with Crippen LogP contribution in [-0.4, -0.2) is 16.7 Å². The molecule has 0 fully saturated rings. The SMILES string of the molecule is N#Cc1cc(Cl)nc(Oc2ccccc2CCO)c1. The van der Waals surface area contributed by atoms with Crippen molar-refractivity contribution < 1.29 is 9.84 Å². The van der Waals surface area contributed by atoms with Crippen LogP contribution in [0.5, 0.6) is 11.6 Å². The molecule has 1 aromatic carbocycles. The fourth-order valence-corrected chi connectivity index (χ4v) is 1.83. The summed E-state index contributed by atoms with van der Waals surface area (Å²) in [5.74, 6) is 0.852. The van der Waals surface area contributed by atoms with Crippen molar-refractivity contribution in [3.8, 4) is 17.7 Å². The molecule has 0 spiro atoms. The molecule has 1 heterocycles. The molecule has 0 bridgehead atoms. The highest BCUT2D eigenvalue weighted by Crippen LogP contribution is 2.26. The first-order valence-electron chi connectivity index (χ1n) is 5.67. The van der Waals surface area contributed by atoms with Crippen LogP contribution in [0.25, 0.3) is 0 Å². The molecule has 0 aliphatic carbocycles. The fourth-order valence-electron chi connectivity index (χ4n) is 1.63. The highest BCUT2D eigenvalue weighted by atomic mass is 35.5. The normalized spacial score (nSPS) is 9.95. The molecule has 2 rings (SSSR count). The number of nitriles is 1. The van der Waals surface area contributed by atoms with Crippen LogP contribution in [0.4, 0.5) is 0 Å². The van der Waals surface area contributed by atoms with Crippen molar-refractivity contribution in [3.63, 3.8) is 0 Å². The summed E-state index contributed by atoms with van der Waals surface area (Å²) in [6, 6.07) is 12.3. The Hall–Kier alpha value is -2.09. The Morgan fingerprint density at radius 3 is 2.84 bits per heavy atom. The van der Waals surface area contributed by atoms with Crippen molar-refractivity contribution in [2.75, 3.05) is 6.61 Å². The zero-order valence-electron chi connectivity index (χ0n) is 10.0. The summed E-state index contributed by atoms with van der Waals surface area (Å²) in [4.78, 5) is 4.01. The van der Waals surface area contributed by atoms with Gasteiger partial charge in [-0.2, -0.15) is 5.26 Å². The van der Waals surface area contributed by atoms with Gasteiger partial charge in [0.1, 0.15) is 10.9 Å². The lowest BCUT2D eigenvalue weighted by Crippen LogP contribution is -1.96. The first-order valence-corrected chi connectivity index (χ1v) is 6.05. The van der Waals surface area contributed by atoms with Crippen molar-refractivity contribution in [1.29, 1.82) is 5.26 Å². The number of benzene rings is 1. The lowest BCUT2D eigenvalue weighted by molar-refractivity contribution is 0.297. The number of aromatic nitrogens is 1. The Balaban J connectivity index is 2.31. The lowest BCUT2D eigenvalue weighted by Gasteiger charge is -2.09. The molecule has 0 radical (unpaired) electrons. The number of para-hydroxylation sites is 1. The number of halogens is 1. The summed E-state index contributed by atoms with van der Waals surface area (Å²) in [7, 11) is 0. The summed E-state index contributed by atoms with van der Waals surface area (Å²) in [5.41, 5.74) is 1.25. The van der Waals surface area contributed by atoms with E-state index >= 15 is 0 Å². The molecule has 5 heteroatoms. The highest BCUT2D eigenvalue weighted by molar-refractivity contribution is 6.29. The van der Waals surface area contributed by atoms with Gasteiger partial charge in [0.2, 0.25) is 5.88 Å². The van der Waals surface area contributed by atoms with Gasteiger partial charge in [-0.3, -0.25) is 0 Å². The Bertz CT molecular complexity index is 623. The van der Waals surface area contributed by atoms with Crippen molar-refractivity contribution >= 4 is 11.6 Å². The molecular weight excluding hydrogens is 264 g/mol. The van der Waals surface area contributed by atoms with E-state index in [1.165, 1.54) is 12.1 Å². The fraction of sp³-hybridized carbons (Fsp3) is 0.143. The number of aliphatic hydroxyl groups is 1. The first-order chi connectivity index (χ1) is 9.22. The van der Waals surface area contributed by atoms with E-state index in [1.54, 1.807) is 6.07 Å². The molecular formula is C14H11ClN2O2. The number of ether oxygens (including phenoxy) is 1. The lowest BCUT2D eigenvalue weighted by atomic mass is 10.1. The average Bonchev–Trinajstić information content (AvgIpc) is 2.40. The summed E-state index contributed by atoms with van der Waals surface area (Å²) in [6.07, 6.45) is 0.488.